The third-order valence-electron chi connectivity index (χ3n) is 0.608. The second-order valence-electron chi connectivity index (χ2n) is 2.72. The zero-order chi connectivity index (χ0) is 8.41. The highest BCUT2D eigenvalue weighted by Crippen LogP contribution is 2.17. The van der Waals surface area contributed by atoms with E-state index in [4.69, 9.17) is 5.73 Å². The number of nitrogens with two attached hydrogens (primary N) is 1. The van der Waals surface area contributed by atoms with Crippen LogP contribution in [0.5, 0.6) is 0 Å². The van der Waals surface area contributed by atoms with E-state index < -0.39 is 18.5 Å². The first kappa shape index (κ1) is 9.71. The molecule has 0 aliphatic heterocycles. The molecule has 0 aromatic carbocycles. The lowest BCUT2D eigenvalue weighted by molar-refractivity contribution is -0.328. The summed E-state index contributed by atoms with van der Waals surface area (Å²) < 4.78 is 37.4. The van der Waals surface area contributed by atoms with Gasteiger partial charge in [-0.05, 0) is 13.8 Å². The van der Waals surface area contributed by atoms with Gasteiger partial charge in [-0.3, -0.25) is 4.74 Å². The molecule has 10 heavy (non-hydrogen) atoms. The van der Waals surface area contributed by atoms with E-state index in [0.29, 0.717) is 0 Å². The van der Waals surface area contributed by atoms with Crippen LogP contribution >= 0.6 is 0 Å². The highest BCUT2D eigenvalue weighted by molar-refractivity contribution is 4.70. The van der Waals surface area contributed by atoms with Gasteiger partial charge >= 0.3 is 6.36 Å². The SMILES string of the molecule is CC(C)(N)COC(F)(F)F. The molecule has 0 heterocycles. The molecule has 0 aromatic heterocycles. The maximum atomic E-state index is 11.3. The van der Waals surface area contributed by atoms with Crippen molar-refractivity contribution in [1.29, 1.82) is 0 Å². The number of rotatable bonds is 2. The molecule has 0 spiro atoms. The average Bonchev–Trinajstić information content (AvgIpc) is 1.57. The van der Waals surface area contributed by atoms with Crippen LogP contribution in [0.1, 0.15) is 13.8 Å². The number of hydrogen-bond acceptors (Lipinski definition) is 2. The summed E-state index contributed by atoms with van der Waals surface area (Å²) in [6.07, 6.45) is -4.57. The fraction of sp³-hybridized carbons (Fsp3) is 1.00. The maximum Gasteiger partial charge on any atom is 0.522 e. The summed E-state index contributed by atoms with van der Waals surface area (Å²) in [5, 5.41) is 0. The second kappa shape index (κ2) is 2.75. The smallest absolute Gasteiger partial charge is 0.324 e. The van der Waals surface area contributed by atoms with Crippen LogP contribution in [0.2, 0.25) is 0 Å². The zero-order valence-corrected chi connectivity index (χ0v) is 5.83. The molecule has 0 aromatic rings. The van der Waals surface area contributed by atoms with Crippen LogP contribution in [0.3, 0.4) is 0 Å². The van der Waals surface area contributed by atoms with Gasteiger partial charge < -0.3 is 5.73 Å². The largest absolute Gasteiger partial charge is 0.522 e. The topological polar surface area (TPSA) is 35.2 Å². The van der Waals surface area contributed by atoms with Gasteiger partial charge in [0, 0.05) is 5.54 Å². The summed E-state index contributed by atoms with van der Waals surface area (Å²) in [6, 6.07) is 0. The van der Waals surface area contributed by atoms with Gasteiger partial charge in [0.15, 0.2) is 0 Å². The Bertz CT molecular complexity index is 90.4. The first-order chi connectivity index (χ1) is 4.21. The quantitative estimate of drug-likeness (QED) is 0.654. The summed E-state index contributed by atoms with van der Waals surface area (Å²) >= 11 is 0. The van der Waals surface area contributed by atoms with Crippen molar-refractivity contribution >= 4 is 0 Å². The van der Waals surface area contributed by atoms with E-state index in [1.54, 1.807) is 0 Å². The Labute approximate surface area is 57.1 Å². The molecule has 0 rings (SSSR count). The van der Waals surface area contributed by atoms with E-state index in [2.05, 4.69) is 4.74 Å². The molecule has 0 atom stereocenters. The minimum Gasteiger partial charge on any atom is -0.324 e. The van der Waals surface area contributed by atoms with Crippen molar-refractivity contribution in [2.75, 3.05) is 6.61 Å². The predicted molar refractivity (Wildman–Crippen MR) is 30.3 cm³/mol. The van der Waals surface area contributed by atoms with E-state index in [9.17, 15) is 13.2 Å². The average molecular weight is 157 g/mol. The van der Waals surface area contributed by atoms with Crippen LogP contribution in [0.15, 0.2) is 0 Å². The molecule has 0 bridgehead atoms. The Morgan fingerprint density at radius 2 is 1.70 bits per heavy atom. The van der Waals surface area contributed by atoms with E-state index in [-0.39, 0.29) is 0 Å². The number of hydrogen-bond donors (Lipinski definition) is 1. The normalized spacial score (nSPS) is 13.8. The number of halogens is 3. The van der Waals surface area contributed by atoms with Crippen LogP contribution < -0.4 is 5.73 Å². The van der Waals surface area contributed by atoms with E-state index in [1.807, 2.05) is 0 Å². The molecule has 0 unspecified atom stereocenters. The molecule has 0 aliphatic carbocycles. The molecule has 0 aliphatic rings. The van der Waals surface area contributed by atoms with Gasteiger partial charge in [0.1, 0.15) is 0 Å². The lowest BCUT2D eigenvalue weighted by Crippen LogP contribution is -2.39. The van der Waals surface area contributed by atoms with Gasteiger partial charge in [-0.2, -0.15) is 0 Å². The third-order valence-corrected chi connectivity index (χ3v) is 0.608. The van der Waals surface area contributed by atoms with Crippen molar-refractivity contribution in [3.05, 3.63) is 0 Å². The van der Waals surface area contributed by atoms with E-state index in [0.717, 1.165) is 0 Å². The minimum atomic E-state index is -4.57. The fourth-order valence-electron chi connectivity index (χ4n) is 0.268. The lowest BCUT2D eigenvalue weighted by Gasteiger charge is -2.18. The molecule has 5 heteroatoms. The fourth-order valence-corrected chi connectivity index (χ4v) is 0.268. The molecule has 0 saturated carbocycles. The van der Waals surface area contributed by atoms with Gasteiger partial charge in [-0.25, -0.2) is 0 Å². The van der Waals surface area contributed by atoms with Gasteiger partial charge in [0.25, 0.3) is 0 Å². The van der Waals surface area contributed by atoms with Crippen molar-refractivity contribution in [2.45, 2.75) is 25.7 Å². The third kappa shape index (κ3) is 7.71. The molecule has 62 valence electrons. The minimum absolute atomic E-state index is 0.517. The maximum absolute atomic E-state index is 11.3. The molecule has 0 amide bonds. The Hall–Kier alpha value is -0.290. The Balaban J connectivity index is 3.56. The lowest BCUT2D eigenvalue weighted by atomic mass is 10.1. The predicted octanol–water partition coefficient (Wildman–Crippen LogP) is 1.26. The first-order valence-corrected chi connectivity index (χ1v) is 2.70. The Morgan fingerprint density at radius 1 is 1.30 bits per heavy atom. The summed E-state index contributed by atoms with van der Waals surface area (Å²) in [7, 11) is 0. The summed E-state index contributed by atoms with van der Waals surface area (Å²) in [4.78, 5) is 0. The van der Waals surface area contributed by atoms with Crippen molar-refractivity contribution < 1.29 is 17.9 Å². The van der Waals surface area contributed by atoms with Gasteiger partial charge in [0.05, 0.1) is 6.61 Å². The van der Waals surface area contributed by atoms with Crippen molar-refractivity contribution in [1.82, 2.24) is 0 Å². The Morgan fingerprint density at radius 3 is 1.80 bits per heavy atom. The summed E-state index contributed by atoms with van der Waals surface area (Å²) in [6.45, 7) is 2.40. The van der Waals surface area contributed by atoms with Gasteiger partial charge in [-0.1, -0.05) is 0 Å². The molecular weight excluding hydrogens is 147 g/mol. The van der Waals surface area contributed by atoms with Gasteiger partial charge in [-0.15, -0.1) is 13.2 Å². The first-order valence-electron chi connectivity index (χ1n) is 2.70. The number of alkyl halides is 3. The summed E-state index contributed by atoms with van der Waals surface area (Å²) in [5.74, 6) is 0. The molecule has 2 nitrogen and oxygen atoms in total. The standard InChI is InChI=1S/C5H10F3NO/c1-4(2,9)3-10-5(6,7)8/h3,9H2,1-2H3. The Kier molecular flexibility index (Phi) is 2.67. The molecule has 0 fully saturated rings. The molecule has 0 saturated heterocycles. The summed E-state index contributed by atoms with van der Waals surface area (Å²) in [5.41, 5.74) is 4.28. The van der Waals surface area contributed by atoms with Crippen molar-refractivity contribution in [3.8, 4) is 0 Å². The van der Waals surface area contributed by atoms with E-state index >= 15 is 0 Å². The number of ether oxygens (including phenoxy) is 1. The second-order valence-corrected chi connectivity index (χ2v) is 2.72. The van der Waals surface area contributed by atoms with Crippen LogP contribution in [0.25, 0.3) is 0 Å². The molecule has 0 radical (unpaired) electrons. The van der Waals surface area contributed by atoms with Crippen LogP contribution in [0.4, 0.5) is 13.2 Å². The van der Waals surface area contributed by atoms with Crippen LogP contribution in [-0.4, -0.2) is 18.5 Å². The van der Waals surface area contributed by atoms with E-state index in [1.165, 1.54) is 13.8 Å². The monoisotopic (exact) mass is 157 g/mol. The van der Waals surface area contributed by atoms with Gasteiger partial charge in [0.2, 0.25) is 0 Å². The highest BCUT2D eigenvalue weighted by atomic mass is 19.4. The zero-order valence-electron chi connectivity index (χ0n) is 5.83. The molecular formula is C5H10F3NO. The molecule has 2 N–H and O–H groups in total. The highest BCUT2D eigenvalue weighted by Gasteiger charge is 2.31. The van der Waals surface area contributed by atoms with Crippen LogP contribution in [-0.2, 0) is 4.74 Å². The van der Waals surface area contributed by atoms with Crippen molar-refractivity contribution in [2.24, 2.45) is 5.73 Å². The van der Waals surface area contributed by atoms with Crippen LogP contribution in [0, 0.1) is 0 Å². The van der Waals surface area contributed by atoms with Crippen molar-refractivity contribution in [3.63, 3.8) is 0 Å².